The lowest BCUT2D eigenvalue weighted by molar-refractivity contribution is -0.113. The summed E-state index contributed by atoms with van der Waals surface area (Å²) in [6, 6.07) is 0. The number of methoxy groups -OCH3 is 3. The molecule has 2 unspecified atom stereocenters. The summed E-state index contributed by atoms with van der Waals surface area (Å²) in [5, 5.41) is 20.9. The van der Waals surface area contributed by atoms with Gasteiger partial charge in [-0.15, -0.1) is 0 Å². The zero-order chi connectivity index (χ0) is 17.5. The van der Waals surface area contributed by atoms with Crippen molar-refractivity contribution >= 4 is 5.78 Å². The minimum atomic E-state index is -1.30. The minimum absolute atomic E-state index is 0.104. The number of carbonyl (C=O) groups is 1. The van der Waals surface area contributed by atoms with Gasteiger partial charge >= 0.3 is 0 Å². The van der Waals surface area contributed by atoms with Crippen molar-refractivity contribution in [3.63, 3.8) is 0 Å². The van der Waals surface area contributed by atoms with E-state index in [1.165, 1.54) is 28.3 Å². The van der Waals surface area contributed by atoms with Gasteiger partial charge < -0.3 is 29.2 Å². The Balaban J connectivity index is 2.93. The summed E-state index contributed by atoms with van der Waals surface area (Å²) in [6.45, 7) is 4.63. The van der Waals surface area contributed by atoms with Crippen LogP contribution in [0.2, 0.25) is 0 Å². The lowest BCUT2D eigenvalue weighted by atomic mass is 9.86. The molecule has 2 rings (SSSR count). The highest BCUT2D eigenvalue weighted by Gasteiger charge is 2.47. The highest BCUT2D eigenvalue weighted by atomic mass is 16.6. The van der Waals surface area contributed by atoms with Gasteiger partial charge in [0.2, 0.25) is 5.75 Å². The van der Waals surface area contributed by atoms with Crippen LogP contribution >= 0.6 is 0 Å². The van der Waals surface area contributed by atoms with Crippen molar-refractivity contribution in [3.05, 3.63) is 11.1 Å². The van der Waals surface area contributed by atoms with Gasteiger partial charge in [0.1, 0.15) is 29.1 Å². The van der Waals surface area contributed by atoms with E-state index in [9.17, 15) is 15.0 Å². The second-order valence-corrected chi connectivity index (χ2v) is 5.87. The van der Waals surface area contributed by atoms with E-state index < -0.39 is 17.8 Å². The van der Waals surface area contributed by atoms with Crippen LogP contribution in [-0.2, 0) is 0 Å². The van der Waals surface area contributed by atoms with E-state index >= 15 is 0 Å². The molecule has 7 nitrogen and oxygen atoms in total. The maximum absolute atomic E-state index is 12.1. The molecule has 0 fully saturated rings. The largest absolute Gasteiger partial charge is 0.495 e. The topological polar surface area (TPSA) is 94.5 Å². The van der Waals surface area contributed by atoms with E-state index in [2.05, 4.69) is 0 Å². The van der Waals surface area contributed by atoms with Gasteiger partial charge in [-0.2, -0.15) is 0 Å². The predicted octanol–water partition coefficient (Wildman–Crippen LogP) is 1.48. The molecule has 0 amide bonds. The summed E-state index contributed by atoms with van der Waals surface area (Å²) in [5.74, 6) is 0.301. The number of aliphatic hydroxyl groups excluding tert-OH is 2. The molecule has 1 aliphatic heterocycles. The summed E-state index contributed by atoms with van der Waals surface area (Å²) in [7, 11) is 4.17. The molecule has 0 aliphatic carbocycles. The molecule has 0 radical (unpaired) electrons. The Hall–Kier alpha value is -1.99. The number of rotatable bonds is 4. The Bertz CT molecular complexity index is 636. The van der Waals surface area contributed by atoms with E-state index in [0.29, 0.717) is 0 Å². The molecule has 1 aromatic rings. The van der Waals surface area contributed by atoms with Crippen LogP contribution in [0.5, 0.6) is 23.0 Å². The number of ketones is 1. The van der Waals surface area contributed by atoms with Gasteiger partial charge in [0.15, 0.2) is 17.3 Å². The summed E-state index contributed by atoms with van der Waals surface area (Å²) in [5.41, 5.74) is -0.768. The van der Waals surface area contributed by atoms with Crippen molar-refractivity contribution in [2.45, 2.75) is 38.6 Å². The van der Waals surface area contributed by atoms with Crippen LogP contribution in [0.4, 0.5) is 0 Å². The van der Waals surface area contributed by atoms with E-state index in [-0.39, 0.29) is 39.9 Å². The molecule has 0 spiro atoms. The number of aliphatic hydroxyl groups is 2. The highest BCUT2D eigenvalue weighted by Crippen LogP contribution is 2.55. The van der Waals surface area contributed by atoms with E-state index in [1.54, 1.807) is 13.8 Å². The van der Waals surface area contributed by atoms with E-state index in [0.717, 1.165) is 0 Å². The highest BCUT2D eigenvalue weighted by molar-refractivity contribution is 6.02. The first kappa shape index (κ1) is 17.4. The summed E-state index contributed by atoms with van der Waals surface area (Å²) < 4.78 is 21.8. The van der Waals surface area contributed by atoms with Crippen molar-refractivity contribution in [3.8, 4) is 23.0 Å². The molecule has 7 heteroatoms. The van der Waals surface area contributed by atoms with Gasteiger partial charge in [-0.3, -0.25) is 4.79 Å². The molecule has 1 aromatic carbocycles. The average Bonchev–Trinajstić information content (AvgIpc) is 2.49. The maximum atomic E-state index is 12.1. The van der Waals surface area contributed by atoms with Gasteiger partial charge in [-0.25, -0.2) is 0 Å². The Morgan fingerprint density at radius 3 is 2.00 bits per heavy atom. The van der Waals surface area contributed by atoms with E-state index in [4.69, 9.17) is 18.9 Å². The molecule has 23 heavy (non-hydrogen) atoms. The van der Waals surface area contributed by atoms with Crippen molar-refractivity contribution in [2.24, 2.45) is 0 Å². The fraction of sp³-hybridized carbons (Fsp3) is 0.562. The van der Waals surface area contributed by atoms with Crippen molar-refractivity contribution in [1.82, 2.24) is 0 Å². The SMILES string of the molecule is COc1c(OC)c(C(C)=O)c(OC)c2c1OC(C)(C)C(O)C2O. The molecule has 0 saturated heterocycles. The third-order valence-corrected chi connectivity index (χ3v) is 3.99. The number of benzene rings is 1. The van der Waals surface area contributed by atoms with Crippen LogP contribution < -0.4 is 18.9 Å². The first-order chi connectivity index (χ1) is 10.7. The summed E-state index contributed by atoms with van der Waals surface area (Å²) in [4.78, 5) is 12.1. The number of fused-ring (bicyclic) bond motifs is 1. The van der Waals surface area contributed by atoms with E-state index in [1.807, 2.05) is 0 Å². The maximum Gasteiger partial charge on any atom is 0.204 e. The molecule has 0 saturated carbocycles. The fourth-order valence-electron chi connectivity index (χ4n) is 2.82. The third kappa shape index (κ3) is 2.49. The molecule has 1 heterocycles. The molecule has 128 valence electrons. The second-order valence-electron chi connectivity index (χ2n) is 5.87. The normalized spacial score (nSPS) is 21.9. The zero-order valence-electron chi connectivity index (χ0n) is 14.1. The number of hydrogen-bond acceptors (Lipinski definition) is 7. The van der Waals surface area contributed by atoms with Gasteiger partial charge in [-0.1, -0.05) is 0 Å². The first-order valence-electron chi connectivity index (χ1n) is 7.13. The lowest BCUT2D eigenvalue weighted by Gasteiger charge is -2.41. The Kier molecular flexibility index (Phi) is 4.45. The smallest absolute Gasteiger partial charge is 0.204 e. The molecule has 1 aliphatic rings. The number of carbonyl (C=O) groups excluding carboxylic acids is 1. The van der Waals surface area contributed by atoms with Crippen molar-refractivity contribution in [2.75, 3.05) is 21.3 Å². The molecule has 0 aromatic heterocycles. The standard InChI is InChI=1S/C16H22O7/c1-7(17)8-11(20-4)9-10(18)15(19)16(2,3)23-13(9)14(22-6)12(8)21-5/h10,15,18-19H,1-6H3. The molecular weight excluding hydrogens is 304 g/mol. The summed E-state index contributed by atoms with van der Waals surface area (Å²) >= 11 is 0. The van der Waals surface area contributed by atoms with Gasteiger partial charge in [0.25, 0.3) is 0 Å². The molecule has 0 bridgehead atoms. The van der Waals surface area contributed by atoms with Crippen LogP contribution in [0, 0.1) is 0 Å². The Morgan fingerprint density at radius 1 is 1.04 bits per heavy atom. The van der Waals surface area contributed by atoms with Crippen molar-refractivity contribution < 1.29 is 34.0 Å². The Labute approximate surface area is 134 Å². The number of ether oxygens (including phenoxy) is 4. The molecule has 2 N–H and O–H groups in total. The van der Waals surface area contributed by atoms with Gasteiger partial charge in [0, 0.05) is 0 Å². The monoisotopic (exact) mass is 326 g/mol. The second kappa shape index (κ2) is 5.90. The van der Waals surface area contributed by atoms with Crippen LogP contribution in [0.1, 0.15) is 42.8 Å². The third-order valence-electron chi connectivity index (χ3n) is 3.99. The summed E-state index contributed by atoms with van der Waals surface area (Å²) in [6.07, 6.45) is -2.51. The van der Waals surface area contributed by atoms with Crippen LogP contribution in [-0.4, -0.2) is 49.0 Å². The first-order valence-corrected chi connectivity index (χ1v) is 7.13. The predicted molar refractivity (Wildman–Crippen MR) is 81.8 cm³/mol. The zero-order valence-corrected chi connectivity index (χ0v) is 14.1. The minimum Gasteiger partial charge on any atom is -0.495 e. The Morgan fingerprint density at radius 2 is 1.57 bits per heavy atom. The van der Waals surface area contributed by atoms with Gasteiger partial charge in [0.05, 0.1) is 26.9 Å². The number of Topliss-reactive ketones (excluding diaryl/α,β-unsaturated/α-hetero) is 1. The quantitative estimate of drug-likeness (QED) is 0.809. The lowest BCUT2D eigenvalue weighted by Crippen LogP contribution is -2.49. The average molecular weight is 326 g/mol. The van der Waals surface area contributed by atoms with Crippen LogP contribution in [0.15, 0.2) is 0 Å². The van der Waals surface area contributed by atoms with Gasteiger partial charge in [-0.05, 0) is 20.8 Å². The van der Waals surface area contributed by atoms with Crippen molar-refractivity contribution in [1.29, 1.82) is 0 Å². The fourth-order valence-corrected chi connectivity index (χ4v) is 2.82. The molecular formula is C16H22O7. The van der Waals surface area contributed by atoms with Crippen LogP contribution in [0.25, 0.3) is 0 Å². The van der Waals surface area contributed by atoms with Crippen LogP contribution in [0.3, 0.4) is 0 Å². The number of hydrogen-bond donors (Lipinski definition) is 2. The molecule has 2 atom stereocenters.